The van der Waals surface area contributed by atoms with Gasteiger partial charge in [-0.05, 0) is 37.3 Å². The SMILES string of the molecule is CN(Cc1cccn1C)C(=NCC1CCS(=O)(=O)C1)NC1CC1. The highest BCUT2D eigenvalue weighted by Gasteiger charge is 2.28. The van der Waals surface area contributed by atoms with Crippen LogP contribution in [0.5, 0.6) is 0 Å². The maximum absolute atomic E-state index is 11.6. The van der Waals surface area contributed by atoms with Crippen LogP contribution in [0.3, 0.4) is 0 Å². The molecule has 1 aliphatic carbocycles. The van der Waals surface area contributed by atoms with Crippen molar-refractivity contribution in [3.05, 3.63) is 24.0 Å². The van der Waals surface area contributed by atoms with E-state index in [4.69, 9.17) is 4.99 Å². The van der Waals surface area contributed by atoms with Gasteiger partial charge in [-0.2, -0.15) is 0 Å². The van der Waals surface area contributed by atoms with Crippen molar-refractivity contribution in [2.24, 2.45) is 18.0 Å². The van der Waals surface area contributed by atoms with Crippen molar-refractivity contribution in [2.45, 2.75) is 31.8 Å². The van der Waals surface area contributed by atoms with Crippen molar-refractivity contribution < 1.29 is 8.42 Å². The summed E-state index contributed by atoms with van der Waals surface area (Å²) in [5, 5.41) is 3.48. The number of guanidine groups is 1. The van der Waals surface area contributed by atoms with Crippen molar-refractivity contribution in [3.8, 4) is 0 Å². The molecule has 1 saturated carbocycles. The number of aryl methyl sites for hydroxylation is 1. The minimum absolute atomic E-state index is 0.166. The molecule has 7 heteroatoms. The average molecular weight is 338 g/mol. The first kappa shape index (κ1) is 16.4. The summed E-state index contributed by atoms with van der Waals surface area (Å²) in [5.74, 6) is 1.66. The lowest BCUT2D eigenvalue weighted by Crippen LogP contribution is -2.40. The van der Waals surface area contributed by atoms with E-state index in [-0.39, 0.29) is 11.7 Å². The average Bonchev–Trinajstić information content (AvgIpc) is 3.13. The van der Waals surface area contributed by atoms with E-state index in [0.29, 0.717) is 18.3 Å². The fourth-order valence-electron chi connectivity index (χ4n) is 2.90. The van der Waals surface area contributed by atoms with Crippen LogP contribution in [-0.4, -0.2) is 55.0 Å². The Labute approximate surface area is 138 Å². The number of hydrogen-bond donors (Lipinski definition) is 1. The molecule has 0 bridgehead atoms. The monoisotopic (exact) mass is 338 g/mol. The molecule has 0 spiro atoms. The number of hydrogen-bond acceptors (Lipinski definition) is 3. The molecule has 1 unspecified atom stereocenters. The Kier molecular flexibility index (Phi) is 4.66. The summed E-state index contributed by atoms with van der Waals surface area (Å²) in [6.45, 7) is 1.37. The second-order valence-corrected chi connectivity index (χ2v) is 9.05. The molecule has 1 N–H and O–H groups in total. The third kappa shape index (κ3) is 4.50. The van der Waals surface area contributed by atoms with Gasteiger partial charge >= 0.3 is 0 Å². The third-order valence-corrected chi connectivity index (χ3v) is 6.39. The number of rotatable bonds is 5. The molecule has 1 aromatic rings. The maximum atomic E-state index is 11.6. The zero-order valence-electron chi connectivity index (χ0n) is 13.9. The van der Waals surface area contributed by atoms with E-state index in [1.165, 1.54) is 18.5 Å². The summed E-state index contributed by atoms with van der Waals surface area (Å²) >= 11 is 0. The number of sulfone groups is 1. The van der Waals surface area contributed by atoms with Gasteiger partial charge in [0.2, 0.25) is 0 Å². The summed E-state index contributed by atoms with van der Waals surface area (Å²) < 4.78 is 25.3. The third-order valence-electron chi connectivity index (χ3n) is 4.55. The fourth-order valence-corrected chi connectivity index (χ4v) is 4.75. The van der Waals surface area contributed by atoms with Crippen LogP contribution in [0.1, 0.15) is 25.0 Å². The second-order valence-electron chi connectivity index (χ2n) is 6.82. The molecule has 1 saturated heterocycles. The molecule has 0 radical (unpaired) electrons. The van der Waals surface area contributed by atoms with Gasteiger partial charge in [0.05, 0.1) is 18.1 Å². The lowest BCUT2D eigenvalue weighted by molar-refractivity contribution is 0.456. The Morgan fingerprint density at radius 2 is 2.22 bits per heavy atom. The molecule has 1 aromatic heterocycles. The van der Waals surface area contributed by atoms with E-state index in [2.05, 4.69) is 20.9 Å². The summed E-state index contributed by atoms with van der Waals surface area (Å²) in [7, 11) is 1.25. The van der Waals surface area contributed by atoms with Crippen LogP contribution in [0.15, 0.2) is 23.3 Å². The van der Waals surface area contributed by atoms with Gasteiger partial charge in [0.15, 0.2) is 15.8 Å². The fraction of sp³-hybridized carbons (Fsp3) is 0.688. The van der Waals surface area contributed by atoms with E-state index in [1.54, 1.807) is 0 Å². The predicted molar refractivity (Wildman–Crippen MR) is 92.1 cm³/mol. The largest absolute Gasteiger partial charge is 0.354 e. The van der Waals surface area contributed by atoms with Gasteiger partial charge in [0, 0.05) is 38.6 Å². The second kappa shape index (κ2) is 6.55. The standard InChI is InChI=1S/C16H26N4O2S/c1-19-8-3-4-15(19)11-20(2)16(18-14-5-6-14)17-10-13-7-9-23(21,22)12-13/h3-4,8,13-14H,5-7,9-12H2,1-2H3,(H,17,18). The normalized spacial score (nSPS) is 23.9. The molecule has 1 aliphatic heterocycles. The summed E-state index contributed by atoms with van der Waals surface area (Å²) in [5.41, 5.74) is 1.22. The Bertz CT molecular complexity index is 676. The van der Waals surface area contributed by atoms with Gasteiger partial charge in [0.1, 0.15) is 0 Å². The molecule has 2 fully saturated rings. The topological polar surface area (TPSA) is 66.7 Å². The van der Waals surface area contributed by atoms with E-state index >= 15 is 0 Å². The zero-order valence-corrected chi connectivity index (χ0v) is 14.7. The van der Waals surface area contributed by atoms with Crippen molar-refractivity contribution in [3.63, 3.8) is 0 Å². The van der Waals surface area contributed by atoms with Crippen LogP contribution in [-0.2, 0) is 23.4 Å². The van der Waals surface area contributed by atoms with Crippen molar-refractivity contribution in [1.29, 1.82) is 0 Å². The van der Waals surface area contributed by atoms with Crippen LogP contribution < -0.4 is 5.32 Å². The van der Waals surface area contributed by atoms with Crippen LogP contribution >= 0.6 is 0 Å². The summed E-state index contributed by atoms with van der Waals surface area (Å²) in [6.07, 6.45) is 5.16. The highest BCUT2D eigenvalue weighted by Crippen LogP contribution is 2.21. The lowest BCUT2D eigenvalue weighted by atomic mass is 10.1. The zero-order chi connectivity index (χ0) is 16.4. The molecular formula is C16H26N4O2S. The van der Waals surface area contributed by atoms with Gasteiger partial charge in [-0.3, -0.25) is 4.99 Å². The molecule has 23 heavy (non-hydrogen) atoms. The van der Waals surface area contributed by atoms with Gasteiger partial charge in [-0.15, -0.1) is 0 Å². The Morgan fingerprint density at radius 1 is 1.43 bits per heavy atom. The number of aliphatic imine (C=N–C) groups is 1. The first-order chi connectivity index (χ1) is 10.9. The van der Waals surface area contributed by atoms with Crippen LogP contribution in [0.2, 0.25) is 0 Å². The number of nitrogens with zero attached hydrogens (tertiary/aromatic N) is 3. The van der Waals surface area contributed by atoms with Gasteiger partial charge in [0.25, 0.3) is 0 Å². The molecule has 2 aliphatic rings. The Balaban J connectivity index is 1.64. The van der Waals surface area contributed by atoms with E-state index in [9.17, 15) is 8.42 Å². The van der Waals surface area contributed by atoms with Crippen LogP contribution in [0.4, 0.5) is 0 Å². The van der Waals surface area contributed by atoms with Crippen molar-refractivity contribution in [2.75, 3.05) is 25.1 Å². The van der Waals surface area contributed by atoms with Crippen molar-refractivity contribution >= 4 is 15.8 Å². The minimum Gasteiger partial charge on any atom is -0.354 e. The van der Waals surface area contributed by atoms with Gasteiger partial charge in [-0.1, -0.05) is 0 Å². The highest BCUT2D eigenvalue weighted by molar-refractivity contribution is 7.91. The lowest BCUT2D eigenvalue weighted by Gasteiger charge is -2.23. The maximum Gasteiger partial charge on any atom is 0.194 e. The molecule has 128 valence electrons. The molecule has 6 nitrogen and oxygen atoms in total. The Hall–Kier alpha value is -1.50. The van der Waals surface area contributed by atoms with Gasteiger partial charge < -0.3 is 14.8 Å². The number of nitrogens with one attached hydrogen (secondary N) is 1. The summed E-state index contributed by atoms with van der Waals surface area (Å²) in [4.78, 5) is 6.84. The quantitative estimate of drug-likeness (QED) is 0.642. The predicted octanol–water partition coefficient (Wildman–Crippen LogP) is 1.000. The van der Waals surface area contributed by atoms with E-state index < -0.39 is 9.84 Å². The minimum atomic E-state index is -2.83. The van der Waals surface area contributed by atoms with Crippen molar-refractivity contribution in [1.82, 2.24) is 14.8 Å². The Morgan fingerprint density at radius 3 is 2.78 bits per heavy atom. The first-order valence-corrected chi connectivity index (χ1v) is 10.1. The molecule has 2 heterocycles. The van der Waals surface area contributed by atoms with E-state index in [0.717, 1.165) is 18.9 Å². The van der Waals surface area contributed by atoms with E-state index in [1.807, 2.05) is 26.4 Å². The van der Waals surface area contributed by atoms with Crippen LogP contribution in [0.25, 0.3) is 0 Å². The first-order valence-electron chi connectivity index (χ1n) is 8.26. The molecular weight excluding hydrogens is 312 g/mol. The molecule has 0 amide bonds. The molecule has 3 rings (SSSR count). The molecule has 1 atom stereocenters. The van der Waals surface area contributed by atoms with Crippen LogP contribution in [0, 0.1) is 5.92 Å². The molecule has 0 aromatic carbocycles. The van der Waals surface area contributed by atoms with Gasteiger partial charge in [-0.25, -0.2) is 8.42 Å². The highest BCUT2D eigenvalue weighted by atomic mass is 32.2. The smallest absolute Gasteiger partial charge is 0.194 e. The number of aromatic nitrogens is 1. The summed E-state index contributed by atoms with van der Waals surface area (Å²) in [6, 6.07) is 4.67.